The lowest BCUT2D eigenvalue weighted by Gasteiger charge is -2.39. The molecule has 6 amide bonds. The van der Waals surface area contributed by atoms with Gasteiger partial charge in [0.2, 0.25) is 23.5 Å². The van der Waals surface area contributed by atoms with Gasteiger partial charge in [-0.3, -0.25) is 24.0 Å². The van der Waals surface area contributed by atoms with Crippen molar-refractivity contribution in [2.24, 2.45) is 34.3 Å². The quantitative estimate of drug-likeness (QED) is 0.255. The predicted octanol–water partition coefficient (Wildman–Crippen LogP) is 2.34. The van der Waals surface area contributed by atoms with Crippen molar-refractivity contribution in [3.05, 3.63) is 0 Å². The van der Waals surface area contributed by atoms with Gasteiger partial charge < -0.3 is 31.5 Å². The number of carbonyl (C=O) groups excluding carboxylic acids is 6. The second kappa shape index (κ2) is 14.5. The molecule has 2 saturated heterocycles. The summed E-state index contributed by atoms with van der Waals surface area (Å²) < 4.78 is 0. The van der Waals surface area contributed by atoms with Crippen LogP contribution in [0.4, 0.5) is 4.79 Å². The number of piperidine rings is 1. The maximum Gasteiger partial charge on any atom is 0.316 e. The molecule has 45 heavy (non-hydrogen) atoms. The molecule has 12 heteroatoms. The third-order valence-corrected chi connectivity index (χ3v) is 9.44. The molecule has 5 N–H and O–H groups in total. The van der Waals surface area contributed by atoms with Gasteiger partial charge in [-0.25, -0.2) is 4.79 Å². The van der Waals surface area contributed by atoms with E-state index in [2.05, 4.69) is 16.0 Å². The highest BCUT2D eigenvalue weighted by atomic mass is 16.2. The number of amides is 6. The van der Waals surface area contributed by atoms with Gasteiger partial charge in [-0.15, -0.1) is 0 Å². The first-order valence-electron chi connectivity index (χ1n) is 16.6. The van der Waals surface area contributed by atoms with Crippen molar-refractivity contribution < 1.29 is 28.8 Å². The third kappa shape index (κ3) is 9.42. The first kappa shape index (κ1) is 36.3. The van der Waals surface area contributed by atoms with E-state index in [0.29, 0.717) is 32.5 Å². The summed E-state index contributed by atoms with van der Waals surface area (Å²) in [7, 11) is 0. The number of Topliss-reactive ketones (excluding diaryl/α,β-unsaturated/α-hetero) is 1. The molecule has 3 aliphatic rings. The molecule has 1 saturated carbocycles. The van der Waals surface area contributed by atoms with Crippen LogP contribution in [0.15, 0.2) is 0 Å². The van der Waals surface area contributed by atoms with Crippen molar-refractivity contribution in [1.82, 2.24) is 25.8 Å². The number of rotatable bonds is 11. The molecule has 2 heterocycles. The van der Waals surface area contributed by atoms with Crippen LogP contribution in [0.3, 0.4) is 0 Å². The predicted molar refractivity (Wildman–Crippen MR) is 171 cm³/mol. The van der Waals surface area contributed by atoms with E-state index >= 15 is 0 Å². The lowest BCUT2D eigenvalue weighted by atomic mass is 9.84. The number of ketones is 1. The molecule has 0 radical (unpaired) electrons. The maximum absolute atomic E-state index is 14.3. The van der Waals surface area contributed by atoms with Crippen LogP contribution in [0.2, 0.25) is 0 Å². The fourth-order valence-corrected chi connectivity index (χ4v) is 6.51. The topological polar surface area (TPSA) is 171 Å². The Morgan fingerprint density at radius 2 is 1.29 bits per heavy atom. The van der Waals surface area contributed by atoms with Crippen LogP contribution in [-0.4, -0.2) is 89.0 Å². The molecule has 0 aromatic carbocycles. The lowest BCUT2D eigenvalue weighted by molar-refractivity contribution is -0.144. The minimum atomic E-state index is -1.10. The van der Waals surface area contributed by atoms with Crippen LogP contribution < -0.4 is 21.7 Å². The van der Waals surface area contributed by atoms with Crippen molar-refractivity contribution in [2.75, 3.05) is 19.6 Å². The van der Waals surface area contributed by atoms with Crippen LogP contribution in [0.5, 0.6) is 0 Å². The van der Waals surface area contributed by atoms with E-state index < -0.39 is 64.5 Å². The van der Waals surface area contributed by atoms with Crippen LogP contribution in [0, 0.1) is 28.6 Å². The van der Waals surface area contributed by atoms with Crippen molar-refractivity contribution in [3.8, 4) is 0 Å². The fraction of sp³-hybridized carbons (Fsp3) is 0.818. The van der Waals surface area contributed by atoms with Gasteiger partial charge in [0.1, 0.15) is 18.1 Å². The molecule has 12 nitrogen and oxygen atoms in total. The molecule has 0 bridgehead atoms. The Morgan fingerprint density at radius 1 is 0.756 bits per heavy atom. The number of carbonyl (C=O) groups is 6. The standard InChI is InChI=1S/C33H56N6O6/c1-19(2)21-14-17-39(23(21)28(42)35-22(18-20-12-13-20)24(40)27(34)41)30(44)26(33(6,7)8)37-31(45)36-25(32(3,4)5)29(43)38-15-10-9-11-16-38/h19-23,25-26H,9-18H2,1-8H3,(H2,34,41)(H,35,42)(H2,36,37,45)/t21?,22?,23-,25+,26+/m0/s1. The molecule has 254 valence electrons. The summed E-state index contributed by atoms with van der Waals surface area (Å²) in [6, 6.07) is -4.38. The van der Waals surface area contributed by atoms with Crippen molar-refractivity contribution in [2.45, 2.75) is 125 Å². The number of nitrogens with zero attached hydrogens (tertiary/aromatic N) is 2. The largest absolute Gasteiger partial charge is 0.363 e. The van der Waals surface area contributed by atoms with Crippen molar-refractivity contribution in [1.29, 1.82) is 0 Å². The SMILES string of the molecule is CC(C)C1CCN(C(=O)[C@@H](NC(=O)N[C@H](C(=O)N2CCCCC2)C(C)(C)C)C(C)(C)C)[C@@H]1C(=O)NC(CC1CC1)C(=O)C(N)=O. The summed E-state index contributed by atoms with van der Waals surface area (Å²) in [5, 5.41) is 8.47. The zero-order chi connectivity index (χ0) is 33.9. The van der Waals surface area contributed by atoms with Gasteiger partial charge in [0.25, 0.3) is 5.91 Å². The van der Waals surface area contributed by atoms with Crippen molar-refractivity contribution >= 4 is 35.4 Å². The average molecular weight is 633 g/mol. The van der Waals surface area contributed by atoms with Crippen LogP contribution in [-0.2, 0) is 24.0 Å². The van der Waals surface area contributed by atoms with Crippen LogP contribution in [0.1, 0.15) is 100 Å². The normalized spacial score (nSPS) is 22.8. The number of hydrogen-bond acceptors (Lipinski definition) is 6. The van der Waals surface area contributed by atoms with Gasteiger partial charge in [0.15, 0.2) is 0 Å². The summed E-state index contributed by atoms with van der Waals surface area (Å²) in [6.45, 7) is 16.7. The second-order valence-electron chi connectivity index (χ2n) is 15.7. The number of likely N-dealkylation sites (tertiary alicyclic amines) is 2. The Kier molecular flexibility index (Phi) is 11.7. The Morgan fingerprint density at radius 3 is 1.76 bits per heavy atom. The van der Waals surface area contributed by atoms with Gasteiger partial charge in [0, 0.05) is 19.6 Å². The van der Waals surface area contributed by atoms with E-state index in [1.54, 1.807) is 4.90 Å². The molecular formula is C33H56N6O6. The smallest absolute Gasteiger partial charge is 0.316 e. The summed E-state index contributed by atoms with van der Waals surface area (Å²) in [4.78, 5) is 82.8. The molecule has 2 unspecified atom stereocenters. The fourth-order valence-electron chi connectivity index (χ4n) is 6.51. The Balaban J connectivity index is 1.82. The van der Waals surface area contributed by atoms with E-state index in [0.717, 1.165) is 32.1 Å². The molecule has 2 aliphatic heterocycles. The Labute approximate surface area is 268 Å². The van der Waals surface area contributed by atoms with Gasteiger partial charge in [-0.1, -0.05) is 68.2 Å². The van der Waals surface area contributed by atoms with Gasteiger partial charge in [0.05, 0.1) is 6.04 Å². The van der Waals surface area contributed by atoms with E-state index in [4.69, 9.17) is 5.73 Å². The van der Waals surface area contributed by atoms with Crippen LogP contribution >= 0.6 is 0 Å². The minimum absolute atomic E-state index is 0.0463. The maximum atomic E-state index is 14.3. The monoisotopic (exact) mass is 632 g/mol. The van der Waals surface area contributed by atoms with E-state index in [1.807, 2.05) is 55.4 Å². The highest BCUT2D eigenvalue weighted by Gasteiger charge is 2.48. The summed E-state index contributed by atoms with van der Waals surface area (Å²) in [5.41, 5.74) is 3.98. The third-order valence-electron chi connectivity index (χ3n) is 9.44. The first-order chi connectivity index (χ1) is 20.8. The molecule has 0 aromatic heterocycles. The molecule has 5 atom stereocenters. The molecule has 3 rings (SSSR count). The number of nitrogens with one attached hydrogen (secondary N) is 3. The lowest BCUT2D eigenvalue weighted by Crippen LogP contribution is -2.63. The Hall–Kier alpha value is -3.18. The average Bonchev–Trinajstić information content (AvgIpc) is 3.65. The van der Waals surface area contributed by atoms with Gasteiger partial charge >= 0.3 is 6.03 Å². The summed E-state index contributed by atoms with van der Waals surface area (Å²) >= 11 is 0. The minimum Gasteiger partial charge on any atom is -0.363 e. The van der Waals surface area contributed by atoms with E-state index in [1.165, 1.54) is 4.90 Å². The number of primary amides is 1. The molecular weight excluding hydrogens is 576 g/mol. The number of urea groups is 1. The van der Waals surface area contributed by atoms with Gasteiger partial charge in [-0.2, -0.15) is 0 Å². The number of hydrogen-bond donors (Lipinski definition) is 4. The van der Waals surface area contributed by atoms with E-state index in [9.17, 15) is 28.8 Å². The molecule has 0 spiro atoms. The molecule has 3 fully saturated rings. The van der Waals surface area contributed by atoms with Crippen molar-refractivity contribution in [3.63, 3.8) is 0 Å². The van der Waals surface area contributed by atoms with Gasteiger partial charge in [-0.05, 0) is 60.7 Å². The second-order valence-corrected chi connectivity index (χ2v) is 15.7. The summed E-state index contributed by atoms with van der Waals surface area (Å²) in [5.74, 6) is -2.91. The van der Waals surface area contributed by atoms with E-state index in [-0.39, 0.29) is 23.7 Å². The first-order valence-corrected chi connectivity index (χ1v) is 16.6. The molecule has 1 aliphatic carbocycles. The zero-order valence-electron chi connectivity index (χ0n) is 28.5. The number of nitrogens with two attached hydrogens (primary N) is 1. The summed E-state index contributed by atoms with van der Waals surface area (Å²) in [6.07, 6.45) is 5.66. The molecule has 0 aromatic rings. The van der Waals surface area contributed by atoms with Crippen LogP contribution in [0.25, 0.3) is 0 Å². The highest BCUT2D eigenvalue weighted by molar-refractivity contribution is 6.37. The zero-order valence-corrected chi connectivity index (χ0v) is 28.5. The highest BCUT2D eigenvalue weighted by Crippen LogP contribution is 2.36. The Bertz CT molecular complexity index is 1130.